The predicted octanol–water partition coefficient (Wildman–Crippen LogP) is 1.50. The molecule has 27 heteroatoms. The van der Waals surface area contributed by atoms with Crippen molar-refractivity contribution in [3.05, 3.63) is 0 Å². The highest BCUT2D eigenvalue weighted by molar-refractivity contribution is 5.83. The maximum atomic E-state index is 12.8. The van der Waals surface area contributed by atoms with Crippen LogP contribution in [0.2, 0.25) is 0 Å². The molecule has 1 rings (SSSR count). The molecule has 0 aromatic carbocycles. The minimum absolute atomic E-state index is 0.00463. The van der Waals surface area contributed by atoms with Crippen molar-refractivity contribution in [2.45, 2.75) is 183 Å². The van der Waals surface area contributed by atoms with Crippen molar-refractivity contribution in [3.8, 4) is 0 Å². The predicted molar refractivity (Wildman–Crippen MR) is 356 cm³/mol. The summed E-state index contributed by atoms with van der Waals surface area (Å²) in [5.74, 6) is -2.81. The maximum absolute atomic E-state index is 12.8. The highest BCUT2D eigenvalue weighted by Crippen LogP contribution is 2.15. The lowest BCUT2D eigenvalue weighted by molar-refractivity contribution is -0.144. The molecule has 0 aromatic heterocycles. The van der Waals surface area contributed by atoms with E-state index >= 15 is 0 Å². The second-order valence-electron chi connectivity index (χ2n) is 20.6. The Bertz CT molecular complexity index is 1520. The molecule has 4 atom stereocenters. The lowest BCUT2D eigenvalue weighted by Gasteiger charge is -2.34. The Hall–Kier alpha value is -4.23. The topological polar surface area (TPSA) is 413 Å². The van der Waals surface area contributed by atoms with Gasteiger partial charge in [0.25, 0.3) is 0 Å². The van der Waals surface area contributed by atoms with Crippen molar-refractivity contribution >= 4 is 41.7 Å². The fourth-order valence-corrected chi connectivity index (χ4v) is 8.41. The summed E-state index contributed by atoms with van der Waals surface area (Å²) in [5, 5.41) is 23.2. The van der Waals surface area contributed by atoms with Crippen LogP contribution in [-0.2, 0) is 47.8 Å². The normalized spacial score (nSPS) is 12.5. The van der Waals surface area contributed by atoms with Crippen LogP contribution in [0.25, 0.3) is 0 Å². The molecule has 0 heterocycles. The van der Waals surface area contributed by atoms with Crippen molar-refractivity contribution < 1.29 is 58.0 Å². The molecule has 1 fully saturated rings. The second kappa shape index (κ2) is 70.2. The molecule has 0 radical (unpaired) electrons. The van der Waals surface area contributed by atoms with E-state index in [0.717, 1.165) is 110 Å². The quantitative estimate of drug-likeness (QED) is 0.0304. The summed E-state index contributed by atoms with van der Waals surface area (Å²) >= 11 is 0. The number of rotatable bonds is 46. The smallest absolute Gasteiger partial charge is 0.322 e. The molecule has 18 N–H and O–H groups in total. The number of carbonyl (C=O) groups excluding carboxylic acids is 5. The van der Waals surface area contributed by atoms with Crippen molar-refractivity contribution in [2.75, 3.05) is 172 Å². The van der Waals surface area contributed by atoms with E-state index in [4.69, 9.17) is 45.2 Å². The molecule has 0 bridgehead atoms. The first-order chi connectivity index (χ1) is 42.2. The third-order valence-electron chi connectivity index (χ3n) is 12.6. The fourth-order valence-electron chi connectivity index (χ4n) is 8.41. The van der Waals surface area contributed by atoms with Gasteiger partial charge in [-0.25, -0.2) is 0 Å². The largest absolute Gasteiger partial charge is 0.480 e. The summed E-state index contributed by atoms with van der Waals surface area (Å²) in [6.07, 6.45) is 13.5. The molecule has 0 aromatic rings. The van der Waals surface area contributed by atoms with E-state index in [2.05, 4.69) is 99.8 Å². The molecular weight excluding hydrogens is 1130 g/mol. The van der Waals surface area contributed by atoms with Gasteiger partial charge in [-0.3, -0.25) is 53.2 Å². The summed E-state index contributed by atoms with van der Waals surface area (Å²) in [5.41, 5.74) is 37.4. The summed E-state index contributed by atoms with van der Waals surface area (Å²) < 4.78 is 13.5. The van der Waals surface area contributed by atoms with Gasteiger partial charge >= 0.3 is 29.8 Å². The first-order valence-electron chi connectivity index (χ1n) is 32.7. The number of carbonyl (C=O) groups is 7. The molecule has 88 heavy (non-hydrogen) atoms. The standard InChI is InChI=1S/C19H39N3O3.C15H35N7O3.C15H32N2O2.C4H9NO2.C3H8N2O2.C3H6.C2H6/c1-6-12-21(13-7-2)16-17(22(14-8-3)15-9-4)19(24)20-11-10-18(23)25-5;1-25-14(23)2-7-20-15(24)13(22(10-5-18)11-6-19)12-21(8-3-16)9-4-17;1-5-9-16(10-6-2)13-14(15(18)19)17(11-7-3)12-8-4;1-7-4(6)2-3-5;4-1-2(5)3(6)7;1-2-3-1;1-2/h17H,6-16H2,1-5H3,(H,20,24);13H,2-12,16-19H2,1H3,(H,20,24);14H,5-13H2,1-4H3,(H,18,19);2-3,5H2,1H3;2H,1,4-5H2,(H,6,7);1-3H2;1-2H3. The number of ether oxygens (including phenoxy) is 3. The third-order valence-corrected chi connectivity index (χ3v) is 12.6. The van der Waals surface area contributed by atoms with Gasteiger partial charge in [-0.15, -0.1) is 0 Å². The molecule has 0 saturated heterocycles. The van der Waals surface area contributed by atoms with E-state index in [0.29, 0.717) is 85.0 Å². The van der Waals surface area contributed by atoms with Gasteiger partial charge in [-0.1, -0.05) is 88.5 Å². The number of carboxylic acids is 2. The number of amides is 2. The van der Waals surface area contributed by atoms with Crippen LogP contribution in [0.15, 0.2) is 0 Å². The summed E-state index contributed by atoms with van der Waals surface area (Å²) in [4.78, 5) is 92.4. The lowest BCUT2D eigenvalue weighted by Crippen LogP contribution is -2.56. The zero-order valence-electron chi connectivity index (χ0n) is 57.7. The number of nitrogens with one attached hydrogen (secondary N) is 2. The van der Waals surface area contributed by atoms with Crippen molar-refractivity contribution in [1.82, 2.24) is 40.0 Å². The Morgan fingerprint density at radius 3 is 0.886 bits per heavy atom. The van der Waals surface area contributed by atoms with Gasteiger partial charge in [0.2, 0.25) is 11.8 Å². The van der Waals surface area contributed by atoms with Gasteiger partial charge in [0.05, 0.1) is 40.6 Å². The molecule has 2 amide bonds. The summed E-state index contributed by atoms with van der Waals surface area (Å²) in [6.45, 7) is 35.6. The van der Waals surface area contributed by atoms with Crippen molar-refractivity contribution in [3.63, 3.8) is 0 Å². The number of hydrogen-bond donors (Lipinski definition) is 11. The first kappa shape index (κ1) is 94.9. The average Bonchev–Trinajstić information content (AvgIpc) is 4.25. The highest BCUT2D eigenvalue weighted by atomic mass is 16.5. The fraction of sp³-hybridized carbons (Fsp3) is 0.885. The Morgan fingerprint density at radius 2 is 0.670 bits per heavy atom. The lowest BCUT2D eigenvalue weighted by atomic mass is 10.1. The third kappa shape index (κ3) is 58.2. The van der Waals surface area contributed by atoms with Gasteiger partial charge in [0.1, 0.15) is 24.2 Å². The Labute approximate surface area is 533 Å². The Morgan fingerprint density at radius 1 is 0.398 bits per heavy atom. The first-order valence-corrected chi connectivity index (χ1v) is 32.7. The van der Waals surface area contributed by atoms with Crippen LogP contribution in [-0.4, -0.2) is 277 Å². The van der Waals surface area contributed by atoms with E-state index in [9.17, 15) is 38.7 Å². The van der Waals surface area contributed by atoms with E-state index < -0.39 is 24.0 Å². The molecular formula is C61H135N15O12. The molecule has 0 spiro atoms. The number of hydrogen-bond acceptors (Lipinski definition) is 23. The molecule has 0 aliphatic heterocycles. The van der Waals surface area contributed by atoms with Crippen LogP contribution in [0.1, 0.15) is 159 Å². The highest BCUT2D eigenvalue weighted by Gasteiger charge is 2.30. The minimum Gasteiger partial charge on any atom is -0.480 e. The van der Waals surface area contributed by atoms with Crippen molar-refractivity contribution in [1.29, 1.82) is 0 Å². The maximum Gasteiger partial charge on any atom is 0.322 e. The summed E-state index contributed by atoms with van der Waals surface area (Å²) in [6, 6.07) is -1.88. The van der Waals surface area contributed by atoms with Gasteiger partial charge < -0.3 is 85.0 Å². The van der Waals surface area contributed by atoms with E-state index in [-0.39, 0.29) is 67.7 Å². The number of nitrogens with zero attached hydrogens (tertiary/aromatic N) is 6. The average molecular weight is 1270 g/mol. The Balaban J connectivity index is -0.000000250. The molecule has 1 aliphatic carbocycles. The van der Waals surface area contributed by atoms with Crippen LogP contribution in [0, 0.1) is 0 Å². The molecule has 27 nitrogen and oxygen atoms in total. The van der Waals surface area contributed by atoms with E-state index in [1.54, 1.807) is 0 Å². The number of esters is 3. The van der Waals surface area contributed by atoms with Gasteiger partial charge in [0.15, 0.2) is 0 Å². The van der Waals surface area contributed by atoms with Gasteiger partial charge in [0, 0.05) is 98.2 Å². The number of methoxy groups -OCH3 is 3. The number of aliphatic carboxylic acids is 2. The number of carboxylic acid groups (broad SMARTS) is 2. The van der Waals surface area contributed by atoms with Crippen LogP contribution < -0.4 is 50.8 Å². The van der Waals surface area contributed by atoms with Crippen LogP contribution in [0.4, 0.5) is 0 Å². The molecule has 526 valence electrons. The zero-order valence-corrected chi connectivity index (χ0v) is 57.7. The van der Waals surface area contributed by atoms with Crippen molar-refractivity contribution in [2.24, 2.45) is 40.1 Å². The monoisotopic (exact) mass is 1270 g/mol. The molecule has 4 unspecified atom stereocenters. The summed E-state index contributed by atoms with van der Waals surface area (Å²) in [7, 11) is 4.03. The Kier molecular flexibility index (Phi) is 75.7. The minimum atomic E-state index is -1.05. The molecule has 1 saturated carbocycles. The molecule has 1 aliphatic rings. The van der Waals surface area contributed by atoms with E-state index in [1.807, 2.05) is 23.6 Å². The van der Waals surface area contributed by atoms with Crippen LogP contribution >= 0.6 is 0 Å². The van der Waals surface area contributed by atoms with Crippen LogP contribution in [0.3, 0.4) is 0 Å². The van der Waals surface area contributed by atoms with Gasteiger partial charge in [-0.05, 0) is 104 Å². The van der Waals surface area contributed by atoms with Gasteiger partial charge in [-0.2, -0.15) is 0 Å². The second-order valence-corrected chi connectivity index (χ2v) is 20.6. The van der Waals surface area contributed by atoms with E-state index in [1.165, 1.54) is 40.6 Å². The van der Waals surface area contributed by atoms with Crippen LogP contribution in [0.5, 0.6) is 0 Å². The number of nitrogens with two attached hydrogens (primary N) is 7. The zero-order chi connectivity index (χ0) is 68.5. The SMILES string of the molecule is C1CC1.CC.CCCN(CCC)CC(C(=O)NCCC(=O)OC)N(CCC)CCC.CCCN(CCC)CC(C(=O)O)N(CCC)CCC.COC(=O)CCN.COC(=O)CCNC(=O)C(CN(CCN)CCN)N(CCN)CCN.NCC(N)C(=O)O.